The lowest BCUT2D eigenvalue weighted by molar-refractivity contribution is -0.130. The number of carboxylic acid groups (broad SMARTS) is 1. The molecule has 0 unspecified atom stereocenters. The molecule has 0 aliphatic rings. The zero-order valence-electron chi connectivity index (χ0n) is 6.87. The number of carbonyl (C=O) groups is 1. The topological polar surface area (TPSA) is 37.3 Å². The van der Waals surface area contributed by atoms with Crippen molar-refractivity contribution in [2.45, 2.75) is 0 Å². The van der Waals surface area contributed by atoms with Gasteiger partial charge < -0.3 is 5.11 Å². The van der Waals surface area contributed by atoms with Crippen LogP contribution in [0.1, 0.15) is 5.56 Å². The van der Waals surface area contributed by atoms with Gasteiger partial charge in [-0.3, -0.25) is 0 Å². The van der Waals surface area contributed by atoms with Gasteiger partial charge in [0.2, 0.25) is 0 Å². The first-order valence-electron chi connectivity index (χ1n) is 3.60. The van der Waals surface area contributed by atoms with Gasteiger partial charge in [0.15, 0.2) is 0 Å². The molecule has 0 bridgehead atoms. The Kier molecular flexibility index (Phi) is 2.45. The van der Waals surface area contributed by atoms with Gasteiger partial charge >= 0.3 is 5.97 Å². The molecule has 0 radical (unpaired) electrons. The third-order valence-corrected chi connectivity index (χ3v) is 2.25. The second kappa shape index (κ2) is 3.36. The van der Waals surface area contributed by atoms with Crippen LogP contribution in [0.5, 0.6) is 0 Å². The van der Waals surface area contributed by atoms with Crippen LogP contribution in [-0.4, -0.2) is 21.3 Å². The maximum atomic E-state index is 10.5. The van der Waals surface area contributed by atoms with Crippen molar-refractivity contribution in [1.29, 1.82) is 0 Å². The largest absolute Gasteiger partial charge is 0.478 e. The molecular weight excluding hydrogens is 168 g/mol. The van der Waals surface area contributed by atoms with Crippen LogP contribution in [-0.2, 0) is 4.79 Å². The standard InChI is InChI=1S/C9H10O2Si/c1-6(9(10)11)7-3-2-4-8(12)5-7/h2-5H,1H2,12H3,(H,10,11). The lowest BCUT2D eigenvalue weighted by Gasteiger charge is -2.00. The third-order valence-electron chi connectivity index (χ3n) is 1.62. The number of carboxylic acids is 1. The zero-order valence-corrected chi connectivity index (χ0v) is 8.87. The van der Waals surface area contributed by atoms with E-state index in [-0.39, 0.29) is 5.57 Å². The van der Waals surface area contributed by atoms with Gasteiger partial charge in [-0.05, 0) is 5.56 Å². The molecule has 1 aromatic rings. The van der Waals surface area contributed by atoms with E-state index in [1.807, 2.05) is 18.2 Å². The molecule has 0 saturated carbocycles. The predicted molar refractivity (Wildman–Crippen MR) is 52.7 cm³/mol. The van der Waals surface area contributed by atoms with Gasteiger partial charge in [-0.15, -0.1) is 0 Å². The molecule has 0 fully saturated rings. The fourth-order valence-corrected chi connectivity index (χ4v) is 1.46. The van der Waals surface area contributed by atoms with E-state index in [1.165, 1.54) is 5.19 Å². The van der Waals surface area contributed by atoms with E-state index in [2.05, 4.69) is 6.58 Å². The first-order valence-corrected chi connectivity index (χ1v) is 4.60. The minimum absolute atomic E-state index is 0.160. The molecule has 0 aliphatic carbocycles. The molecular formula is C9H10O2Si. The highest BCUT2D eigenvalue weighted by Crippen LogP contribution is 2.09. The summed E-state index contributed by atoms with van der Waals surface area (Å²) in [6.45, 7) is 3.48. The van der Waals surface area contributed by atoms with Gasteiger partial charge in [-0.25, -0.2) is 4.79 Å². The molecule has 2 nitrogen and oxygen atoms in total. The highest BCUT2D eigenvalue weighted by molar-refractivity contribution is 6.32. The van der Waals surface area contributed by atoms with E-state index in [4.69, 9.17) is 5.11 Å². The fraction of sp³-hybridized carbons (Fsp3) is 0. The molecule has 3 heteroatoms. The molecule has 0 atom stereocenters. The van der Waals surface area contributed by atoms with E-state index in [0.29, 0.717) is 5.56 Å². The Labute approximate surface area is 74.0 Å². The molecule has 62 valence electrons. The summed E-state index contributed by atoms with van der Waals surface area (Å²) in [5.74, 6) is -0.956. The van der Waals surface area contributed by atoms with E-state index in [9.17, 15) is 4.79 Å². The number of rotatable bonds is 2. The van der Waals surface area contributed by atoms with E-state index >= 15 is 0 Å². The van der Waals surface area contributed by atoms with Gasteiger partial charge in [0.25, 0.3) is 0 Å². The average Bonchev–Trinajstić information content (AvgIpc) is 2.03. The van der Waals surface area contributed by atoms with Crippen molar-refractivity contribution in [2.75, 3.05) is 0 Å². The van der Waals surface area contributed by atoms with E-state index < -0.39 is 5.97 Å². The number of hydrogen-bond acceptors (Lipinski definition) is 1. The van der Waals surface area contributed by atoms with Gasteiger partial charge in [0.1, 0.15) is 0 Å². The van der Waals surface area contributed by atoms with Crippen molar-refractivity contribution in [3.8, 4) is 0 Å². The normalized spacial score (nSPS) is 9.67. The lowest BCUT2D eigenvalue weighted by Crippen LogP contribution is -2.05. The summed E-state index contributed by atoms with van der Waals surface area (Å²) in [6, 6.07) is 7.46. The summed E-state index contributed by atoms with van der Waals surface area (Å²) in [4.78, 5) is 10.5. The van der Waals surface area contributed by atoms with Crippen LogP contribution in [0.4, 0.5) is 0 Å². The minimum atomic E-state index is -0.956. The summed E-state index contributed by atoms with van der Waals surface area (Å²) in [5.41, 5.74) is 0.864. The predicted octanol–water partition coefficient (Wildman–Crippen LogP) is -0.225. The van der Waals surface area contributed by atoms with E-state index in [0.717, 1.165) is 10.2 Å². The molecule has 0 aromatic heterocycles. The molecule has 1 aromatic carbocycles. The molecule has 0 saturated heterocycles. The molecule has 12 heavy (non-hydrogen) atoms. The lowest BCUT2D eigenvalue weighted by atomic mass is 10.1. The van der Waals surface area contributed by atoms with Gasteiger partial charge in [-0.2, -0.15) is 0 Å². The van der Waals surface area contributed by atoms with Gasteiger partial charge in [0, 0.05) is 10.2 Å². The monoisotopic (exact) mass is 178 g/mol. The Hall–Kier alpha value is -1.35. The van der Waals surface area contributed by atoms with Crippen LogP contribution >= 0.6 is 0 Å². The maximum Gasteiger partial charge on any atom is 0.335 e. The summed E-state index contributed by atoms with van der Waals surface area (Å²) in [5, 5.41) is 9.81. The first-order chi connectivity index (χ1) is 5.61. The highest BCUT2D eigenvalue weighted by atomic mass is 28.1. The second-order valence-electron chi connectivity index (χ2n) is 2.65. The van der Waals surface area contributed by atoms with Crippen LogP contribution in [0.15, 0.2) is 30.8 Å². The third kappa shape index (κ3) is 1.82. The molecule has 0 amide bonds. The summed E-state index contributed by atoms with van der Waals surface area (Å²) in [6.07, 6.45) is 0. The fourth-order valence-electron chi connectivity index (χ4n) is 0.956. The van der Waals surface area contributed by atoms with Crippen LogP contribution in [0.3, 0.4) is 0 Å². The van der Waals surface area contributed by atoms with Crippen LogP contribution in [0.25, 0.3) is 5.57 Å². The van der Waals surface area contributed by atoms with E-state index in [1.54, 1.807) is 6.07 Å². The van der Waals surface area contributed by atoms with Crippen LogP contribution < -0.4 is 5.19 Å². The average molecular weight is 178 g/mol. The second-order valence-corrected chi connectivity index (χ2v) is 3.81. The SMILES string of the molecule is C=C(C(=O)O)c1cccc([SiH3])c1. The van der Waals surface area contributed by atoms with Crippen LogP contribution in [0.2, 0.25) is 0 Å². The summed E-state index contributed by atoms with van der Waals surface area (Å²) >= 11 is 0. The van der Waals surface area contributed by atoms with Crippen molar-refractivity contribution in [3.63, 3.8) is 0 Å². The van der Waals surface area contributed by atoms with Crippen molar-refractivity contribution >= 4 is 27.0 Å². The number of aliphatic carboxylic acids is 1. The van der Waals surface area contributed by atoms with Crippen molar-refractivity contribution in [1.82, 2.24) is 0 Å². The van der Waals surface area contributed by atoms with Gasteiger partial charge in [-0.1, -0.05) is 36.0 Å². The molecule has 0 spiro atoms. The highest BCUT2D eigenvalue weighted by Gasteiger charge is 2.05. The Morgan fingerprint density at radius 3 is 2.67 bits per heavy atom. The maximum absolute atomic E-state index is 10.5. The quantitative estimate of drug-likeness (QED) is 0.502. The minimum Gasteiger partial charge on any atom is -0.478 e. The Balaban J connectivity index is 3.04. The number of hydrogen-bond donors (Lipinski definition) is 1. The molecule has 0 heterocycles. The number of benzene rings is 1. The van der Waals surface area contributed by atoms with Crippen molar-refractivity contribution < 1.29 is 9.90 Å². The van der Waals surface area contributed by atoms with Crippen LogP contribution in [0, 0.1) is 0 Å². The summed E-state index contributed by atoms with van der Waals surface area (Å²) in [7, 11) is 0.930. The smallest absolute Gasteiger partial charge is 0.335 e. The zero-order chi connectivity index (χ0) is 9.14. The van der Waals surface area contributed by atoms with Crippen molar-refractivity contribution in [2.24, 2.45) is 0 Å². The summed E-state index contributed by atoms with van der Waals surface area (Å²) < 4.78 is 0. The Bertz CT molecular complexity index is 331. The molecule has 1 rings (SSSR count). The Morgan fingerprint density at radius 2 is 2.17 bits per heavy atom. The first kappa shape index (κ1) is 8.74. The molecule has 1 N–H and O–H groups in total. The Morgan fingerprint density at radius 1 is 1.50 bits per heavy atom. The van der Waals surface area contributed by atoms with Crippen molar-refractivity contribution in [3.05, 3.63) is 36.4 Å². The van der Waals surface area contributed by atoms with Gasteiger partial charge in [0.05, 0.1) is 5.57 Å². The molecule has 0 aliphatic heterocycles.